The molecule has 0 spiro atoms. The number of hydroxylamine groups is 1. The number of hydrogen-bond acceptors (Lipinski definition) is 10. The van der Waals surface area contributed by atoms with Gasteiger partial charge in [-0.15, -0.1) is 10.2 Å². The zero-order valence-corrected chi connectivity index (χ0v) is 23.0. The molecule has 1 fully saturated rings. The Morgan fingerprint density at radius 2 is 1.85 bits per heavy atom. The predicted molar refractivity (Wildman–Crippen MR) is 140 cm³/mol. The van der Waals surface area contributed by atoms with E-state index in [0.29, 0.717) is 37.0 Å². The Bertz CT molecular complexity index is 1380. The van der Waals surface area contributed by atoms with Crippen molar-refractivity contribution in [1.82, 2.24) is 15.7 Å². The average Bonchev–Trinajstić information content (AvgIpc) is 3.41. The Morgan fingerprint density at radius 3 is 2.49 bits per heavy atom. The van der Waals surface area contributed by atoms with E-state index >= 15 is 0 Å². The number of hydrogen-bond donors (Lipinski definition) is 2. The predicted octanol–water partition coefficient (Wildman–Crippen LogP) is 3.67. The van der Waals surface area contributed by atoms with E-state index in [1.165, 1.54) is 29.7 Å². The maximum absolute atomic E-state index is 13.3. The highest BCUT2D eigenvalue weighted by Gasteiger charge is 2.52. The van der Waals surface area contributed by atoms with Gasteiger partial charge in [-0.2, -0.15) is 0 Å². The van der Waals surface area contributed by atoms with Crippen molar-refractivity contribution in [3.05, 3.63) is 53.9 Å². The van der Waals surface area contributed by atoms with E-state index < -0.39 is 20.5 Å². The smallest absolute Gasteiger partial charge is 0.265 e. The number of ether oxygens (including phenoxy) is 3. The highest BCUT2D eigenvalue weighted by Crippen LogP contribution is 2.36. The summed E-state index contributed by atoms with van der Waals surface area (Å²) in [5.74, 6) is 1.25. The number of sulfone groups is 1. The van der Waals surface area contributed by atoms with Gasteiger partial charge in [-0.1, -0.05) is 0 Å². The van der Waals surface area contributed by atoms with Crippen molar-refractivity contribution in [2.45, 2.75) is 62.2 Å². The minimum atomic E-state index is -4.09. The van der Waals surface area contributed by atoms with Crippen LogP contribution in [0.5, 0.6) is 11.5 Å². The van der Waals surface area contributed by atoms with Crippen LogP contribution in [0.25, 0.3) is 11.5 Å². The lowest BCUT2D eigenvalue weighted by Crippen LogP contribution is -2.54. The fourth-order valence-electron chi connectivity index (χ4n) is 4.41. The van der Waals surface area contributed by atoms with E-state index in [1.807, 2.05) is 39.0 Å². The number of carbonyl (C=O) groups excluding carboxylic acids is 1. The summed E-state index contributed by atoms with van der Waals surface area (Å²) in [7, 11) is -4.09. The monoisotopic (exact) mass is 559 g/mol. The van der Waals surface area contributed by atoms with Crippen molar-refractivity contribution >= 4 is 15.7 Å². The number of rotatable bonds is 11. The fourth-order valence-corrected chi connectivity index (χ4v) is 6.35. The Morgan fingerprint density at radius 1 is 1.13 bits per heavy atom. The first-order valence-corrected chi connectivity index (χ1v) is 14.2. The summed E-state index contributed by atoms with van der Waals surface area (Å²) in [6.45, 7) is 6.48. The van der Waals surface area contributed by atoms with Crippen LogP contribution in [0.4, 0.5) is 0 Å². The molecule has 0 atom stereocenters. The molecule has 2 aromatic carbocycles. The second-order valence-corrected chi connectivity index (χ2v) is 11.9. The molecule has 210 valence electrons. The zero-order valence-electron chi connectivity index (χ0n) is 22.2. The highest BCUT2D eigenvalue weighted by molar-refractivity contribution is 7.93. The van der Waals surface area contributed by atoms with Crippen LogP contribution in [0.3, 0.4) is 0 Å². The van der Waals surface area contributed by atoms with E-state index in [-0.39, 0.29) is 37.1 Å². The first-order chi connectivity index (χ1) is 18.7. The van der Waals surface area contributed by atoms with Gasteiger partial charge in [-0.05, 0) is 88.1 Å². The fraction of sp³-hybridized carbons (Fsp3) is 0.444. The van der Waals surface area contributed by atoms with Gasteiger partial charge in [-0.3, -0.25) is 10.0 Å². The Kier molecular flexibility index (Phi) is 8.88. The van der Waals surface area contributed by atoms with Crippen molar-refractivity contribution in [1.29, 1.82) is 0 Å². The molecule has 2 N–H and O–H groups in total. The van der Waals surface area contributed by atoms with Crippen LogP contribution < -0.4 is 15.0 Å². The maximum atomic E-state index is 13.3. The molecule has 4 rings (SSSR count). The van der Waals surface area contributed by atoms with Gasteiger partial charge in [0.2, 0.25) is 11.8 Å². The van der Waals surface area contributed by atoms with Crippen molar-refractivity contribution < 1.29 is 37.0 Å². The van der Waals surface area contributed by atoms with Crippen molar-refractivity contribution in [2.75, 3.05) is 19.8 Å². The second kappa shape index (κ2) is 12.1. The third kappa shape index (κ3) is 6.23. The van der Waals surface area contributed by atoms with Crippen LogP contribution >= 0.6 is 0 Å². The quantitative estimate of drug-likeness (QED) is 0.202. The van der Waals surface area contributed by atoms with Crippen molar-refractivity contribution in [3.8, 4) is 23.0 Å². The van der Waals surface area contributed by atoms with E-state index in [1.54, 1.807) is 0 Å². The largest absolute Gasteiger partial charge is 0.494 e. The Labute approximate surface area is 227 Å². The summed E-state index contributed by atoms with van der Waals surface area (Å²) in [5.41, 5.74) is 3.30. The third-order valence-corrected chi connectivity index (χ3v) is 9.03. The van der Waals surface area contributed by atoms with Gasteiger partial charge in [0.15, 0.2) is 14.6 Å². The number of nitrogens with one attached hydrogen (secondary N) is 1. The lowest BCUT2D eigenvalue weighted by molar-refractivity contribution is -0.134. The summed E-state index contributed by atoms with van der Waals surface area (Å²) < 4.78 is 47.4. The van der Waals surface area contributed by atoms with Gasteiger partial charge < -0.3 is 18.6 Å². The molecule has 11 nitrogen and oxygen atoms in total. The lowest BCUT2D eigenvalue weighted by Gasteiger charge is -2.34. The molecule has 3 aromatic rings. The molecule has 1 saturated heterocycles. The minimum Gasteiger partial charge on any atom is -0.494 e. The molecule has 0 unspecified atom stereocenters. The average molecular weight is 560 g/mol. The first kappa shape index (κ1) is 28.5. The summed E-state index contributed by atoms with van der Waals surface area (Å²) in [4.78, 5) is 12.3. The molecular formula is C27H33N3O8S. The molecule has 1 aromatic heterocycles. The number of amides is 1. The van der Waals surface area contributed by atoms with E-state index in [2.05, 4.69) is 10.2 Å². The normalized spacial score (nSPS) is 15.2. The van der Waals surface area contributed by atoms with Crippen molar-refractivity contribution in [2.24, 2.45) is 0 Å². The van der Waals surface area contributed by atoms with Crippen LogP contribution in [0.15, 0.2) is 51.8 Å². The van der Waals surface area contributed by atoms with Crippen LogP contribution in [0.1, 0.15) is 44.6 Å². The summed E-state index contributed by atoms with van der Waals surface area (Å²) in [6, 6.07) is 11.6. The van der Waals surface area contributed by atoms with Crippen LogP contribution in [0.2, 0.25) is 0 Å². The number of carbonyl (C=O) groups is 1. The van der Waals surface area contributed by atoms with Crippen molar-refractivity contribution in [3.63, 3.8) is 0 Å². The molecule has 0 aliphatic carbocycles. The summed E-state index contributed by atoms with van der Waals surface area (Å²) >= 11 is 0. The summed E-state index contributed by atoms with van der Waals surface area (Å²) in [6.07, 6.45) is 1.10. The second-order valence-electron chi connectivity index (χ2n) is 9.62. The summed E-state index contributed by atoms with van der Waals surface area (Å²) in [5, 5.41) is 17.4. The lowest BCUT2D eigenvalue weighted by atomic mass is 9.98. The van der Waals surface area contributed by atoms with Crippen LogP contribution in [0, 0.1) is 6.92 Å². The number of nitrogens with zero attached hydrogens (tertiary/aromatic N) is 2. The van der Waals surface area contributed by atoms with Crippen LogP contribution in [-0.2, 0) is 25.8 Å². The molecule has 0 bridgehead atoms. The van der Waals surface area contributed by atoms with Gasteiger partial charge >= 0.3 is 0 Å². The number of aromatic nitrogens is 2. The minimum absolute atomic E-state index is 0.0298. The molecule has 1 amide bonds. The van der Waals surface area contributed by atoms with Gasteiger partial charge in [0.1, 0.15) is 11.5 Å². The molecule has 1 aliphatic rings. The third-order valence-electron chi connectivity index (χ3n) is 6.52. The van der Waals surface area contributed by atoms with Gasteiger partial charge in [0.25, 0.3) is 5.91 Å². The molecule has 12 heteroatoms. The molecule has 39 heavy (non-hydrogen) atoms. The van der Waals surface area contributed by atoms with Gasteiger partial charge in [-0.25, -0.2) is 13.9 Å². The van der Waals surface area contributed by atoms with Gasteiger partial charge in [0.05, 0.1) is 17.6 Å². The molecular weight excluding hydrogens is 526 g/mol. The standard InChI is InChI=1S/C27H33N3O8S/c1-18(2)37-23-11-6-20(17-19(23)3)25-29-28-24(38-25)5-4-14-36-21-7-9-22(10-8-21)39(33,34)27(26(31)30-32)12-15-35-16-13-27/h6-11,17-18,32H,4-5,12-16H2,1-3H3,(H,30,31). The number of aryl methyl sites for hydroxylation is 2. The van der Waals surface area contributed by atoms with Gasteiger partial charge in [0, 0.05) is 25.2 Å². The SMILES string of the molecule is Cc1cc(-c2nnc(CCCOc3ccc(S(=O)(=O)C4(C(=O)NO)CCOCC4)cc3)o2)ccc1OC(C)C. The topological polar surface area (TPSA) is 150 Å². The maximum Gasteiger partial charge on any atom is 0.265 e. The van der Waals surface area contributed by atoms with E-state index in [9.17, 15) is 18.4 Å². The van der Waals surface area contributed by atoms with E-state index in [0.717, 1.165) is 16.9 Å². The first-order valence-electron chi connectivity index (χ1n) is 12.8. The van der Waals surface area contributed by atoms with Crippen LogP contribution in [-0.4, -0.2) is 60.4 Å². The Balaban J connectivity index is 1.32. The highest BCUT2D eigenvalue weighted by atomic mass is 32.2. The molecule has 0 radical (unpaired) electrons. The van der Waals surface area contributed by atoms with E-state index in [4.69, 9.17) is 18.6 Å². The molecule has 2 heterocycles. The Hall–Kier alpha value is -3.48. The molecule has 1 aliphatic heterocycles. The number of benzene rings is 2. The zero-order chi connectivity index (χ0) is 28.0. The molecule has 0 saturated carbocycles.